The van der Waals surface area contributed by atoms with Crippen LogP contribution in [0.15, 0.2) is 40.5 Å². The van der Waals surface area contributed by atoms with E-state index in [9.17, 15) is 9.59 Å². The lowest BCUT2D eigenvalue weighted by atomic mass is 9.73. The van der Waals surface area contributed by atoms with Crippen LogP contribution in [0.25, 0.3) is 0 Å². The second-order valence-electron chi connectivity index (χ2n) is 5.35. The van der Waals surface area contributed by atoms with Gasteiger partial charge in [-0.1, -0.05) is 30.3 Å². The SMILES string of the molecule is CC1=NNC(=O)[C@H]1C(c1ccccc1)[C@H]1C(=O)NN=C1C. The highest BCUT2D eigenvalue weighted by Gasteiger charge is 2.45. The van der Waals surface area contributed by atoms with Crippen LogP contribution in [0.3, 0.4) is 0 Å². The van der Waals surface area contributed by atoms with E-state index in [4.69, 9.17) is 0 Å². The first-order valence-corrected chi connectivity index (χ1v) is 6.82. The Morgan fingerprint density at radius 2 is 1.38 bits per heavy atom. The molecule has 21 heavy (non-hydrogen) atoms. The normalized spacial score (nSPS) is 26.0. The zero-order valence-corrected chi connectivity index (χ0v) is 11.8. The second kappa shape index (κ2) is 5.12. The summed E-state index contributed by atoms with van der Waals surface area (Å²) in [5, 5.41) is 8.02. The van der Waals surface area contributed by atoms with Gasteiger partial charge in [0.1, 0.15) is 0 Å². The quantitative estimate of drug-likeness (QED) is 0.868. The van der Waals surface area contributed by atoms with Gasteiger partial charge < -0.3 is 0 Å². The number of carbonyl (C=O) groups excluding carboxylic acids is 2. The molecule has 2 amide bonds. The van der Waals surface area contributed by atoms with E-state index < -0.39 is 11.8 Å². The first-order valence-electron chi connectivity index (χ1n) is 6.82. The molecule has 1 aromatic carbocycles. The van der Waals surface area contributed by atoms with Gasteiger partial charge >= 0.3 is 0 Å². The third-order valence-corrected chi connectivity index (χ3v) is 4.05. The van der Waals surface area contributed by atoms with Crippen LogP contribution in [0, 0.1) is 11.8 Å². The number of nitrogens with one attached hydrogen (secondary N) is 2. The minimum absolute atomic E-state index is 0.172. The lowest BCUT2D eigenvalue weighted by molar-refractivity contribution is -0.124. The maximum atomic E-state index is 12.2. The number of amides is 2. The number of rotatable bonds is 3. The Bertz CT molecular complexity index is 613. The number of nitrogens with zero attached hydrogens (tertiary/aromatic N) is 2. The van der Waals surface area contributed by atoms with Crippen LogP contribution in [0.1, 0.15) is 25.3 Å². The van der Waals surface area contributed by atoms with Crippen LogP contribution in [-0.2, 0) is 9.59 Å². The monoisotopic (exact) mass is 284 g/mol. The van der Waals surface area contributed by atoms with Crippen molar-refractivity contribution in [2.75, 3.05) is 0 Å². The van der Waals surface area contributed by atoms with Crippen molar-refractivity contribution in [3.05, 3.63) is 35.9 Å². The van der Waals surface area contributed by atoms with Crippen molar-refractivity contribution >= 4 is 23.2 Å². The van der Waals surface area contributed by atoms with E-state index >= 15 is 0 Å². The van der Waals surface area contributed by atoms with Crippen molar-refractivity contribution in [1.29, 1.82) is 0 Å². The van der Waals surface area contributed by atoms with Crippen molar-refractivity contribution in [2.24, 2.45) is 22.0 Å². The van der Waals surface area contributed by atoms with Gasteiger partial charge in [0.25, 0.3) is 0 Å². The van der Waals surface area contributed by atoms with Crippen LogP contribution < -0.4 is 10.9 Å². The average molecular weight is 284 g/mol. The largest absolute Gasteiger partial charge is 0.272 e. The molecular weight excluding hydrogens is 268 g/mol. The van der Waals surface area contributed by atoms with Gasteiger partial charge in [0.15, 0.2) is 0 Å². The summed E-state index contributed by atoms with van der Waals surface area (Å²) in [6.45, 7) is 3.61. The maximum Gasteiger partial charge on any atom is 0.249 e. The van der Waals surface area contributed by atoms with Crippen LogP contribution in [0.4, 0.5) is 0 Å². The maximum absolute atomic E-state index is 12.2. The molecule has 108 valence electrons. The molecule has 0 fully saturated rings. The number of hydrazone groups is 2. The molecule has 3 atom stereocenters. The fourth-order valence-corrected chi connectivity index (χ4v) is 3.04. The van der Waals surface area contributed by atoms with Crippen molar-refractivity contribution < 1.29 is 9.59 Å². The van der Waals surface area contributed by atoms with Crippen molar-refractivity contribution in [1.82, 2.24) is 10.9 Å². The minimum Gasteiger partial charge on any atom is -0.272 e. The Labute approximate surface area is 122 Å². The first-order chi connectivity index (χ1) is 10.1. The summed E-state index contributed by atoms with van der Waals surface area (Å²) in [7, 11) is 0. The topological polar surface area (TPSA) is 82.9 Å². The van der Waals surface area contributed by atoms with Crippen LogP contribution in [0.5, 0.6) is 0 Å². The molecule has 0 aromatic heterocycles. The molecule has 2 aliphatic rings. The molecule has 0 spiro atoms. The third-order valence-electron chi connectivity index (χ3n) is 4.05. The van der Waals surface area contributed by atoms with E-state index in [0.717, 1.165) is 5.56 Å². The standard InChI is InChI=1S/C15H16N4O2/c1-8-11(14(20)18-16-8)13(10-6-4-3-5-7-10)12-9(2)17-19-15(12)21/h3-7,11-13H,1-2H3,(H,18,20)(H,19,21)/t11-,12+,13?. The second-order valence-corrected chi connectivity index (χ2v) is 5.35. The van der Waals surface area contributed by atoms with Crippen molar-refractivity contribution in [2.45, 2.75) is 19.8 Å². The first kappa shape index (κ1) is 13.5. The number of hydrogen-bond donors (Lipinski definition) is 2. The lowest BCUT2D eigenvalue weighted by Gasteiger charge is -2.26. The van der Waals surface area contributed by atoms with Crippen molar-refractivity contribution in [3.8, 4) is 0 Å². The molecule has 6 heteroatoms. The molecule has 1 unspecified atom stereocenters. The lowest BCUT2D eigenvalue weighted by Crippen LogP contribution is -2.38. The van der Waals surface area contributed by atoms with Gasteiger partial charge in [0.2, 0.25) is 11.8 Å². The Hall–Kier alpha value is -2.50. The molecule has 2 N–H and O–H groups in total. The molecule has 1 aromatic rings. The van der Waals surface area contributed by atoms with Crippen LogP contribution >= 0.6 is 0 Å². The highest BCUT2D eigenvalue weighted by atomic mass is 16.2. The van der Waals surface area contributed by atoms with Gasteiger partial charge in [-0.2, -0.15) is 10.2 Å². The molecule has 2 heterocycles. The van der Waals surface area contributed by atoms with E-state index in [0.29, 0.717) is 11.4 Å². The Morgan fingerprint density at radius 3 is 1.76 bits per heavy atom. The summed E-state index contributed by atoms with van der Waals surface area (Å²) in [4.78, 5) is 24.3. The Morgan fingerprint density at radius 1 is 0.905 bits per heavy atom. The molecular formula is C15H16N4O2. The van der Waals surface area contributed by atoms with Crippen LogP contribution in [0.2, 0.25) is 0 Å². The molecule has 0 saturated carbocycles. The minimum atomic E-state index is -0.452. The third kappa shape index (κ3) is 2.22. The fraction of sp³-hybridized carbons (Fsp3) is 0.333. The number of carbonyl (C=O) groups is 2. The molecule has 6 nitrogen and oxygen atoms in total. The predicted octanol–water partition coefficient (Wildman–Crippen LogP) is 1.01. The smallest absolute Gasteiger partial charge is 0.249 e. The summed E-state index contributed by atoms with van der Waals surface area (Å²) < 4.78 is 0. The summed E-state index contributed by atoms with van der Waals surface area (Å²) in [5.41, 5.74) is 7.33. The molecule has 3 rings (SSSR count). The van der Waals surface area contributed by atoms with Gasteiger partial charge in [0.05, 0.1) is 11.8 Å². The molecule has 0 bridgehead atoms. The molecule has 0 aliphatic carbocycles. The Balaban J connectivity index is 2.08. The number of benzene rings is 1. The number of hydrogen-bond acceptors (Lipinski definition) is 4. The Kier molecular flexibility index (Phi) is 3.29. The summed E-state index contributed by atoms with van der Waals surface area (Å²) in [5.74, 6) is -1.55. The van der Waals surface area contributed by atoms with Gasteiger partial charge in [0, 0.05) is 17.3 Å². The van der Waals surface area contributed by atoms with Crippen LogP contribution in [-0.4, -0.2) is 23.2 Å². The van der Waals surface area contributed by atoms with E-state index in [2.05, 4.69) is 21.1 Å². The molecule has 0 radical (unpaired) electrons. The zero-order valence-electron chi connectivity index (χ0n) is 11.8. The summed E-state index contributed by atoms with van der Waals surface area (Å²) in [6, 6.07) is 9.58. The van der Waals surface area contributed by atoms with E-state index in [-0.39, 0.29) is 17.7 Å². The van der Waals surface area contributed by atoms with E-state index in [1.807, 2.05) is 30.3 Å². The van der Waals surface area contributed by atoms with Crippen molar-refractivity contribution in [3.63, 3.8) is 0 Å². The van der Waals surface area contributed by atoms with E-state index in [1.54, 1.807) is 13.8 Å². The zero-order chi connectivity index (χ0) is 15.0. The highest BCUT2D eigenvalue weighted by molar-refractivity contribution is 6.12. The molecule has 2 aliphatic heterocycles. The molecule has 0 saturated heterocycles. The summed E-state index contributed by atoms with van der Waals surface area (Å²) in [6.07, 6.45) is 0. The van der Waals surface area contributed by atoms with E-state index in [1.165, 1.54) is 0 Å². The summed E-state index contributed by atoms with van der Waals surface area (Å²) >= 11 is 0. The van der Waals surface area contributed by atoms with Gasteiger partial charge in [-0.25, -0.2) is 10.9 Å². The highest BCUT2D eigenvalue weighted by Crippen LogP contribution is 2.37. The average Bonchev–Trinajstić information content (AvgIpc) is 2.98. The van der Waals surface area contributed by atoms with Gasteiger partial charge in [-0.3, -0.25) is 9.59 Å². The van der Waals surface area contributed by atoms with Gasteiger partial charge in [-0.15, -0.1) is 0 Å². The van der Waals surface area contributed by atoms with Gasteiger partial charge in [-0.05, 0) is 19.4 Å². The fourth-order valence-electron chi connectivity index (χ4n) is 3.04. The predicted molar refractivity (Wildman–Crippen MR) is 78.7 cm³/mol.